The summed E-state index contributed by atoms with van der Waals surface area (Å²) in [5.74, 6) is -0.885. The summed E-state index contributed by atoms with van der Waals surface area (Å²) in [4.78, 5) is 25.6. The fourth-order valence-corrected chi connectivity index (χ4v) is 5.16. The number of sulfone groups is 1. The Morgan fingerprint density at radius 3 is 2.72 bits per heavy atom. The van der Waals surface area contributed by atoms with Gasteiger partial charge in [-0.1, -0.05) is 18.0 Å². The van der Waals surface area contributed by atoms with E-state index in [1.165, 1.54) is 23.1 Å². The summed E-state index contributed by atoms with van der Waals surface area (Å²) in [5.41, 5.74) is -0.550. The molecule has 25 heavy (non-hydrogen) atoms. The molecule has 7 nitrogen and oxygen atoms in total. The molecular weight excluding hydrogens is 368 g/mol. The number of amides is 2. The van der Waals surface area contributed by atoms with Crippen LogP contribution in [0.4, 0.5) is 10.5 Å². The maximum absolute atomic E-state index is 12.5. The summed E-state index contributed by atoms with van der Waals surface area (Å²) in [6.07, 6.45) is 3.28. The Balaban J connectivity index is 1.77. The average Bonchev–Trinajstić information content (AvgIpc) is 3.06. The number of carboxylic acid groups (broad SMARTS) is 1. The lowest BCUT2D eigenvalue weighted by molar-refractivity contribution is -0.149. The van der Waals surface area contributed by atoms with Gasteiger partial charge < -0.3 is 15.3 Å². The molecule has 2 fully saturated rings. The summed E-state index contributed by atoms with van der Waals surface area (Å²) in [5, 5.41) is 12.3. The summed E-state index contributed by atoms with van der Waals surface area (Å²) in [6, 6.07) is 3.79. The normalized spacial score (nSPS) is 25.7. The number of aliphatic carboxylic acids is 1. The number of carbonyl (C=O) groups is 2. The zero-order valence-corrected chi connectivity index (χ0v) is 15.2. The third-order valence-corrected chi connectivity index (χ3v) is 6.74. The van der Waals surface area contributed by atoms with Crippen LogP contribution < -0.4 is 5.32 Å². The zero-order chi connectivity index (χ0) is 18.4. The predicted octanol–water partition coefficient (Wildman–Crippen LogP) is 2.46. The number of likely N-dealkylation sites (tertiary alicyclic amines) is 1. The first-order valence-corrected chi connectivity index (χ1v) is 10.2. The molecule has 1 aliphatic heterocycles. The Morgan fingerprint density at radius 2 is 2.12 bits per heavy atom. The van der Waals surface area contributed by atoms with E-state index in [0.29, 0.717) is 18.7 Å². The molecule has 2 atom stereocenters. The number of fused-ring (bicyclic) bond motifs is 1. The van der Waals surface area contributed by atoms with Gasteiger partial charge in [0.25, 0.3) is 0 Å². The molecule has 1 aliphatic carbocycles. The third-order valence-electron chi connectivity index (χ3n) is 5.17. The van der Waals surface area contributed by atoms with Crippen molar-refractivity contribution >= 4 is 39.1 Å². The Bertz CT molecular complexity index is 841. The molecule has 1 saturated heterocycles. The quantitative estimate of drug-likeness (QED) is 0.830. The van der Waals surface area contributed by atoms with E-state index in [1.807, 2.05) is 0 Å². The van der Waals surface area contributed by atoms with Crippen LogP contribution in [0.15, 0.2) is 23.1 Å². The maximum Gasteiger partial charge on any atom is 0.321 e. The minimum Gasteiger partial charge on any atom is -0.481 e. The van der Waals surface area contributed by atoms with E-state index >= 15 is 0 Å². The van der Waals surface area contributed by atoms with Gasteiger partial charge in [0.05, 0.1) is 15.3 Å². The highest BCUT2D eigenvalue weighted by atomic mass is 35.5. The van der Waals surface area contributed by atoms with Crippen molar-refractivity contribution < 1.29 is 23.1 Å². The molecule has 9 heteroatoms. The minimum absolute atomic E-state index is 0.0347. The average molecular weight is 387 g/mol. The first-order valence-electron chi connectivity index (χ1n) is 7.92. The molecule has 1 aromatic rings. The number of benzene rings is 1. The molecule has 136 valence electrons. The summed E-state index contributed by atoms with van der Waals surface area (Å²) < 4.78 is 23.4. The van der Waals surface area contributed by atoms with Crippen molar-refractivity contribution in [2.24, 2.45) is 11.3 Å². The van der Waals surface area contributed by atoms with Crippen molar-refractivity contribution in [3.8, 4) is 0 Å². The number of hydrogen-bond donors (Lipinski definition) is 2. The predicted molar refractivity (Wildman–Crippen MR) is 92.6 cm³/mol. The molecule has 2 N–H and O–H groups in total. The van der Waals surface area contributed by atoms with E-state index in [4.69, 9.17) is 11.6 Å². The van der Waals surface area contributed by atoms with Gasteiger partial charge in [-0.15, -0.1) is 0 Å². The third kappa shape index (κ3) is 3.20. The van der Waals surface area contributed by atoms with Crippen molar-refractivity contribution in [3.63, 3.8) is 0 Å². The number of anilines is 1. The van der Waals surface area contributed by atoms with Crippen molar-refractivity contribution in [1.82, 2.24) is 4.90 Å². The molecule has 3 rings (SSSR count). The van der Waals surface area contributed by atoms with Crippen LogP contribution in [0.1, 0.15) is 19.3 Å². The topological polar surface area (TPSA) is 104 Å². The van der Waals surface area contributed by atoms with Crippen LogP contribution in [0.2, 0.25) is 5.02 Å². The molecule has 0 bridgehead atoms. The summed E-state index contributed by atoms with van der Waals surface area (Å²) >= 11 is 5.89. The van der Waals surface area contributed by atoms with Crippen LogP contribution >= 0.6 is 11.6 Å². The monoisotopic (exact) mass is 386 g/mol. The molecule has 1 heterocycles. The van der Waals surface area contributed by atoms with Crippen molar-refractivity contribution in [1.29, 1.82) is 0 Å². The molecular formula is C16H19ClN2O5S. The van der Waals surface area contributed by atoms with Gasteiger partial charge in [-0.2, -0.15) is 0 Å². The van der Waals surface area contributed by atoms with E-state index in [2.05, 4.69) is 5.32 Å². The van der Waals surface area contributed by atoms with Gasteiger partial charge >= 0.3 is 12.0 Å². The number of urea groups is 1. The fourth-order valence-electron chi connectivity index (χ4n) is 3.86. The van der Waals surface area contributed by atoms with Gasteiger partial charge in [0, 0.05) is 25.0 Å². The second-order valence-electron chi connectivity index (χ2n) is 6.78. The lowest BCUT2D eigenvalue weighted by Crippen LogP contribution is -2.38. The number of carboxylic acids is 1. The number of rotatable bonds is 3. The Labute approximate surface area is 150 Å². The van der Waals surface area contributed by atoms with E-state index in [0.717, 1.165) is 19.1 Å². The lowest BCUT2D eigenvalue weighted by atomic mass is 9.81. The first kappa shape index (κ1) is 18.0. The molecule has 0 spiro atoms. The molecule has 0 radical (unpaired) electrons. The van der Waals surface area contributed by atoms with Gasteiger partial charge in [-0.25, -0.2) is 13.2 Å². The van der Waals surface area contributed by atoms with Crippen molar-refractivity contribution in [3.05, 3.63) is 23.2 Å². The molecule has 2 amide bonds. The van der Waals surface area contributed by atoms with Gasteiger partial charge in [-0.3, -0.25) is 4.79 Å². The Morgan fingerprint density at radius 1 is 1.40 bits per heavy atom. The molecule has 1 aromatic carbocycles. The van der Waals surface area contributed by atoms with Crippen LogP contribution in [-0.2, 0) is 14.6 Å². The van der Waals surface area contributed by atoms with Crippen LogP contribution in [0.5, 0.6) is 0 Å². The lowest BCUT2D eigenvalue weighted by Gasteiger charge is -2.23. The number of nitrogens with zero attached hydrogens (tertiary/aromatic N) is 1. The van der Waals surface area contributed by atoms with Gasteiger partial charge in [0.1, 0.15) is 0 Å². The highest BCUT2D eigenvalue weighted by Gasteiger charge is 2.55. The smallest absolute Gasteiger partial charge is 0.321 e. The Hall–Kier alpha value is -1.80. The maximum atomic E-state index is 12.5. The Kier molecular flexibility index (Phi) is 4.45. The van der Waals surface area contributed by atoms with Gasteiger partial charge in [0.15, 0.2) is 9.84 Å². The molecule has 2 aliphatic rings. The number of nitrogens with one attached hydrogen (secondary N) is 1. The largest absolute Gasteiger partial charge is 0.481 e. The van der Waals surface area contributed by atoms with E-state index in [1.54, 1.807) is 0 Å². The van der Waals surface area contributed by atoms with Gasteiger partial charge in [-0.05, 0) is 37.0 Å². The highest BCUT2D eigenvalue weighted by molar-refractivity contribution is 7.90. The molecule has 0 aromatic heterocycles. The van der Waals surface area contributed by atoms with Crippen LogP contribution in [0, 0.1) is 11.3 Å². The van der Waals surface area contributed by atoms with E-state index < -0.39 is 27.3 Å². The SMILES string of the molecule is CS(=O)(=O)c1cc(NC(=O)N2C[C@@H]3CCC[C@@]3(C(=O)O)C2)ccc1Cl. The molecule has 1 saturated carbocycles. The highest BCUT2D eigenvalue weighted by Crippen LogP contribution is 2.48. The van der Waals surface area contributed by atoms with Crippen molar-refractivity contribution in [2.45, 2.75) is 24.2 Å². The zero-order valence-electron chi connectivity index (χ0n) is 13.7. The van der Waals surface area contributed by atoms with E-state index in [9.17, 15) is 23.1 Å². The van der Waals surface area contributed by atoms with Crippen LogP contribution in [0.25, 0.3) is 0 Å². The van der Waals surface area contributed by atoms with Crippen molar-refractivity contribution in [2.75, 3.05) is 24.7 Å². The first-order chi connectivity index (χ1) is 11.6. The van der Waals surface area contributed by atoms with Gasteiger partial charge in [0.2, 0.25) is 0 Å². The number of carbonyl (C=O) groups excluding carboxylic acids is 1. The minimum atomic E-state index is -3.52. The second kappa shape index (κ2) is 6.17. The summed E-state index contributed by atoms with van der Waals surface area (Å²) in [6.45, 7) is 0.565. The van der Waals surface area contributed by atoms with Crippen LogP contribution in [0.3, 0.4) is 0 Å². The fraction of sp³-hybridized carbons (Fsp3) is 0.500. The molecule has 0 unspecified atom stereocenters. The second-order valence-corrected chi connectivity index (χ2v) is 9.17. The standard InChI is InChI=1S/C16H19ClN2O5S/c1-25(23,24)13-7-11(4-5-12(13)17)18-15(22)19-8-10-3-2-6-16(10,9-19)14(20)21/h4-5,7,10H,2-3,6,8-9H2,1H3,(H,18,22)(H,20,21)/t10-,16+/m0/s1. The summed E-state index contributed by atoms with van der Waals surface area (Å²) in [7, 11) is -3.52. The number of hydrogen-bond acceptors (Lipinski definition) is 4. The van der Waals surface area contributed by atoms with E-state index in [-0.39, 0.29) is 22.4 Å². The van der Waals surface area contributed by atoms with Crippen LogP contribution in [-0.4, -0.2) is 49.8 Å². The number of halogens is 1.